The van der Waals surface area contributed by atoms with Crippen LogP contribution in [0.25, 0.3) is 0 Å². The first-order chi connectivity index (χ1) is 13.5. The van der Waals surface area contributed by atoms with Crippen LogP contribution in [0.4, 0.5) is 5.69 Å². The van der Waals surface area contributed by atoms with Crippen LogP contribution in [0.15, 0.2) is 34.8 Å². The Kier molecular flexibility index (Phi) is 7.04. The first-order valence-electron chi connectivity index (χ1n) is 8.78. The Bertz CT molecular complexity index is 829. The van der Waals surface area contributed by atoms with E-state index in [-0.39, 0.29) is 12.0 Å². The largest absolute Gasteiger partial charge is 0.495 e. The number of methoxy groups -OCH3 is 2. The lowest BCUT2D eigenvalue weighted by Crippen LogP contribution is -2.18. The van der Waals surface area contributed by atoms with Gasteiger partial charge < -0.3 is 24.3 Å². The molecule has 1 saturated heterocycles. The second-order valence-corrected chi connectivity index (χ2v) is 7.46. The molecule has 2 aromatic carbocycles. The minimum absolute atomic E-state index is 0.0687. The summed E-state index contributed by atoms with van der Waals surface area (Å²) in [6.45, 7) is 1.18. The molecule has 0 aliphatic carbocycles. The zero-order valence-corrected chi connectivity index (χ0v) is 17.9. The molecular formula is C20H21BrClNO5. The Labute approximate surface area is 177 Å². The fourth-order valence-electron chi connectivity index (χ4n) is 2.88. The maximum absolute atomic E-state index is 12.8. The van der Waals surface area contributed by atoms with E-state index in [0.717, 1.165) is 19.4 Å². The van der Waals surface area contributed by atoms with Crippen LogP contribution in [0.2, 0.25) is 5.02 Å². The third-order valence-corrected chi connectivity index (χ3v) is 5.36. The van der Waals surface area contributed by atoms with Crippen LogP contribution >= 0.6 is 27.5 Å². The summed E-state index contributed by atoms with van der Waals surface area (Å²) in [6.07, 6.45) is 2.07. The number of benzene rings is 2. The van der Waals surface area contributed by atoms with Gasteiger partial charge in [-0.25, -0.2) is 0 Å². The lowest BCUT2D eigenvalue weighted by molar-refractivity contribution is 0.0682. The van der Waals surface area contributed by atoms with E-state index in [9.17, 15) is 4.79 Å². The van der Waals surface area contributed by atoms with Gasteiger partial charge in [-0.1, -0.05) is 11.6 Å². The molecule has 1 N–H and O–H groups in total. The Morgan fingerprint density at radius 1 is 1.21 bits per heavy atom. The van der Waals surface area contributed by atoms with Gasteiger partial charge >= 0.3 is 0 Å². The molecule has 0 aromatic heterocycles. The van der Waals surface area contributed by atoms with E-state index >= 15 is 0 Å². The summed E-state index contributed by atoms with van der Waals surface area (Å²) in [5.41, 5.74) is 0.860. The summed E-state index contributed by atoms with van der Waals surface area (Å²) in [5.74, 6) is 1.17. The summed E-state index contributed by atoms with van der Waals surface area (Å²) in [6, 6.07) is 8.35. The van der Waals surface area contributed by atoms with Gasteiger partial charge in [-0.3, -0.25) is 4.79 Å². The van der Waals surface area contributed by atoms with E-state index in [4.69, 9.17) is 30.5 Å². The highest BCUT2D eigenvalue weighted by Gasteiger charge is 2.19. The molecule has 1 fully saturated rings. The molecule has 150 valence electrons. The van der Waals surface area contributed by atoms with Gasteiger partial charge in [0, 0.05) is 17.2 Å². The number of carbonyl (C=O) groups excluding carboxylic acids is 1. The Morgan fingerprint density at radius 2 is 1.93 bits per heavy atom. The van der Waals surface area contributed by atoms with Crippen LogP contribution in [0.1, 0.15) is 23.2 Å². The lowest BCUT2D eigenvalue weighted by Gasteiger charge is -2.16. The fraction of sp³-hybridized carbons (Fsp3) is 0.350. The SMILES string of the molecule is COc1cc(C(=O)Nc2cc(Cl)ccc2OCC2CCCO2)cc(OC)c1Br. The number of hydrogen-bond donors (Lipinski definition) is 1. The van der Waals surface area contributed by atoms with E-state index in [0.29, 0.717) is 44.6 Å². The molecule has 28 heavy (non-hydrogen) atoms. The number of rotatable bonds is 7. The van der Waals surface area contributed by atoms with Crippen molar-refractivity contribution in [3.63, 3.8) is 0 Å². The van der Waals surface area contributed by atoms with Crippen molar-refractivity contribution in [1.29, 1.82) is 0 Å². The second-order valence-electron chi connectivity index (χ2n) is 6.24. The summed E-state index contributed by atoms with van der Waals surface area (Å²) < 4.78 is 22.7. The van der Waals surface area contributed by atoms with E-state index in [1.807, 2.05) is 0 Å². The molecule has 3 rings (SSSR count). The van der Waals surface area contributed by atoms with Crippen molar-refractivity contribution in [3.8, 4) is 17.2 Å². The van der Waals surface area contributed by atoms with Gasteiger partial charge in [0.05, 0.1) is 26.0 Å². The van der Waals surface area contributed by atoms with Crippen molar-refractivity contribution in [3.05, 3.63) is 45.4 Å². The number of anilines is 1. The van der Waals surface area contributed by atoms with Gasteiger partial charge in [-0.2, -0.15) is 0 Å². The second kappa shape index (κ2) is 9.49. The molecule has 0 radical (unpaired) electrons. The average Bonchev–Trinajstić information content (AvgIpc) is 3.21. The van der Waals surface area contributed by atoms with E-state index < -0.39 is 0 Å². The normalized spacial score (nSPS) is 15.9. The van der Waals surface area contributed by atoms with Gasteiger partial charge in [0.1, 0.15) is 28.3 Å². The molecule has 1 atom stereocenters. The molecule has 0 spiro atoms. The standard InChI is InChI=1S/C20H21BrClNO5/c1-25-17-8-12(9-18(26-2)19(17)21)20(24)23-15-10-13(22)5-6-16(15)28-11-14-4-3-7-27-14/h5-6,8-10,14H,3-4,7,11H2,1-2H3,(H,23,24). The zero-order chi connectivity index (χ0) is 20.1. The number of ether oxygens (including phenoxy) is 4. The monoisotopic (exact) mass is 469 g/mol. The van der Waals surface area contributed by atoms with Gasteiger partial charge in [0.15, 0.2) is 0 Å². The van der Waals surface area contributed by atoms with Crippen molar-refractivity contribution in [2.45, 2.75) is 18.9 Å². The molecule has 0 bridgehead atoms. The first-order valence-corrected chi connectivity index (χ1v) is 9.95. The van der Waals surface area contributed by atoms with E-state index in [1.165, 1.54) is 14.2 Å². The molecule has 1 unspecified atom stereocenters. The molecule has 8 heteroatoms. The molecule has 1 aliphatic heterocycles. The molecular weight excluding hydrogens is 450 g/mol. The molecule has 1 heterocycles. The fourth-order valence-corrected chi connectivity index (χ4v) is 3.60. The summed E-state index contributed by atoms with van der Waals surface area (Å²) in [5, 5.41) is 3.34. The van der Waals surface area contributed by atoms with Crippen LogP contribution in [-0.2, 0) is 4.74 Å². The Balaban J connectivity index is 1.80. The maximum Gasteiger partial charge on any atom is 0.256 e. The number of amides is 1. The predicted octanol–water partition coefficient (Wildman–Crippen LogP) is 4.93. The highest BCUT2D eigenvalue weighted by molar-refractivity contribution is 9.10. The van der Waals surface area contributed by atoms with Crippen LogP contribution in [0.3, 0.4) is 0 Å². The molecule has 0 saturated carbocycles. The van der Waals surface area contributed by atoms with E-state index in [2.05, 4.69) is 21.2 Å². The smallest absolute Gasteiger partial charge is 0.256 e. The van der Waals surface area contributed by atoms with Crippen molar-refractivity contribution in [2.24, 2.45) is 0 Å². The highest BCUT2D eigenvalue weighted by atomic mass is 79.9. The number of hydrogen-bond acceptors (Lipinski definition) is 5. The third-order valence-electron chi connectivity index (χ3n) is 4.35. The van der Waals surface area contributed by atoms with Crippen molar-refractivity contribution < 1.29 is 23.7 Å². The number of nitrogens with one attached hydrogen (secondary N) is 1. The molecule has 1 amide bonds. The summed E-state index contributed by atoms with van der Waals surface area (Å²) in [7, 11) is 3.05. The highest BCUT2D eigenvalue weighted by Crippen LogP contribution is 2.36. The summed E-state index contributed by atoms with van der Waals surface area (Å²) in [4.78, 5) is 12.8. The van der Waals surface area contributed by atoms with Crippen LogP contribution in [0.5, 0.6) is 17.2 Å². The number of carbonyl (C=O) groups is 1. The Hall–Kier alpha value is -1.96. The van der Waals surface area contributed by atoms with Gasteiger partial charge in [0.25, 0.3) is 5.91 Å². The maximum atomic E-state index is 12.8. The zero-order valence-electron chi connectivity index (χ0n) is 15.6. The van der Waals surface area contributed by atoms with Gasteiger partial charge in [0.2, 0.25) is 0 Å². The minimum atomic E-state index is -0.340. The quantitative estimate of drug-likeness (QED) is 0.621. The van der Waals surface area contributed by atoms with Gasteiger partial charge in [-0.05, 0) is 59.1 Å². The van der Waals surface area contributed by atoms with Crippen molar-refractivity contribution >= 4 is 39.1 Å². The van der Waals surface area contributed by atoms with E-state index in [1.54, 1.807) is 30.3 Å². The minimum Gasteiger partial charge on any atom is -0.495 e. The summed E-state index contributed by atoms with van der Waals surface area (Å²) >= 11 is 9.51. The topological polar surface area (TPSA) is 66.0 Å². The van der Waals surface area contributed by atoms with Crippen LogP contribution in [0, 0.1) is 0 Å². The van der Waals surface area contributed by atoms with Gasteiger partial charge in [-0.15, -0.1) is 0 Å². The predicted molar refractivity (Wildman–Crippen MR) is 111 cm³/mol. The van der Waals surface area contributed by atoms with Crippen molar-refractivity contribution in [2.75, 3.05) is 32.8 Å². The average molecular weight is 471 g/mol. The molecule has 1 aliphatic rings. The first kappa shape index (κ1) is 20.8. The van der Waals surface area contributed by atoms with Crippen molar-refractivity contribution in [1.82, 2.24) is 0 Å². The molecule has 6 nitrogen and oxygen atoms in total. The Morgan fingerprint density at radius 3 is 2.54 bits per heavy atom. The molecule has 2 aromatic rings. The lowest BCUT2D eigenvalue weighted by atomic mass is 10.1. The third kappa shape index (κ3) is 4.90. The van der Waals surface area contributed by atoms with Crippen LogP contribution < -0.4 is 19.5 Å². The number of halogens is 2. The van der Waals surface area contributed by atoms with Crippen LogP contribution in [-0.4, -0.2) is 39.4 Å².